The Bertz CT molecular complexity index is 966. The van der Waals surface area contributed by atoms with E-state index in [0.29, 0.717) is 16.8 Å². The SMILES string of the molecule is CC(=O)Nc1ccc(C(=O)[C@H](C)OC(=O)[C@@H](NC(=O)c2ccccc2C)C(C)C)cc1. The molecule has 0 saturated carbocycles. The smallest absolute Gasteiger partial charge is 0.329 e. The number of amides is 2. The van der Waals surface area contributed by atoms with Crippen molar-refractivity contribution in [2.45, 2.75) is 46.8 Å². The molecule has 2 rings (SSSR count). The predicted molar refractivity (Wildman–Crippen MR) is 118 cm³/mol. The summed E-state index contributed by atoms with van der Waals surface area (Å²) in [4.78, 5) is 49.1. The molecule has 0 heterocycles. The fraction of sp³-hybridized carbons (Fsp3) is 0.333. The first-order chi connectivity index (χ1) is 14.6. The topological polar surface area (TPSA) is 102 Å². The number of hydrogen-bond acceptors (Lipinski definition) is 5. The fourth-order valence-electron chi connectivity index (χ4n) is 3.00. The Balaban J connectivity index is 2.05. The third-order valence-corrected chi connectivity index (χ3v) is 4.75. The molecule has 2 aromatic carbocycles. The van der Waals surface area contributed by atoms with Crippen LogP contribution < -0.4 is 10.6 Å². The van der Waals surface area contributed by atoms with Crippen molar-refractivity contribution in [3.8, 4) is 0 Å². The highest BCUT2D eigenvalue weighted by Crippen LogP contribution is 2.15. The van der Waals surface area contributed by atoms with E-state index in [2.05, 4.69) is 10.6 Å². The average molecular weight is 424 g/mol. The van der Waals surface area contributed by atoms with Crippen molar-refractivity contribution in [2.75, 3.05) is 5.32 Å². The van der Waals surface area contributed by atoms with Crippen LogP contribution in [-0.2, 0) is 14.3 Å². The van der Waals surface area contributed by atoms with Crippen LogP contribution in [0.5, 0.6) is 0 Å². The number of nitrogens with one attached hydrogen (secondary N) is 2. The normalized spacial score (nSPS) is 12.6. The van der Waals surface area contributed by atoms with Crippen molar-refractivity contribution < 1.29 is 23.9 Å². The van der Waals surface area contributed by atoms with E-state index in [1.54, 1.807) is 50.2 Å². The highest BCUT2D eigenvalue weighted by Gasteiger charge is 2.29. The Morgan fingerprint density at radius 2 is 1.52 bits per heavy atom. The Kier molecular flexibility index (Phi) is 8.07. The molecule has 0 spiro atoms. The largest absolute Gasteiger partial charge is 0.453 e. The molecule has 0 fully saturated rings. The van der Waals surface area contributed by atoms with Gasteiger partial charge in [0.1, 0.15) is 6.04 Å². The van der Waals surface area contributed by atoms with E-state index in [1.807, 2.05) is 19.1 Å². The molecular weight excluding hydrogens is 396 g/mol. The minimum Gasteiger partial charge on any atom is -0.453 e. The quantitative estimate of drug-likeness (QED) is 0.499. The lowest BCUT2D eigenvalue weighted by atomic mass is 10.0. The van der Waals surface area contributed by atoms with Gasteiger partial charge in [0, 0.05) is 23.7 Å². The molecule has 164 valence electrons. The van der Waals surface area contributed by atoms with Gasteiger partial charge in [-0.15, -0.1) is 0 Å². The van der Waals surface area contributed by atoms with Crippen LogP contribution in [0.15, 0.2) is 48.5 Å². The molecule has 7 heteroatoms. The van der Waals surface area contributed by atoms with Gasteiger partial charge >= 0.3 is 5.97 Å². The summed E-state index contributed by atoms with van der Waals surface area (Å²) in [6.07, 6.45) is -1.03. The van der Waals surface area contributed by atoms with Gasteiger partial charge in [-0.25, -0.2) is 4.79 Å². The molecule has 0 aromatic heterocycles. The van der Waals surface area contributed by atoms with E-state index in [4.69, 9.17) is 4.74 Å². The minimum absolute atomic E-state index is 0.214. The molecule has 7 nitrogen and oxygen atoms in total. The zero-order valence-electron chi connectivity index (χ0n) is 18.4. The van der Waals surface area contributed by atoms with Crippen LogP contribution in [-0.4, -0.2) is 35.7 Å². The number of anilines is 1. The first kappa shape index (κ1) is 23.8. The maximum absolute atomic E-state index is 12.7. The number of ketones is 1. The number of rotatable bonds is 8. The van der Waals surface area contributed by atoms with Crippen LogP contribution in [0.1, 0.15) is 54.0 Å². The van der Waals surface area contributed by atoms with Gasteiger partial charge < -0.3 is 15.4 Å². The molecule has 0 radical (unpaired) electrons. The highest BCUT2D eigenvalue weighted by atomic mass is 16.5. The Labute approximate surface area is 182 Å². The third-order valence-electron chi connectivity index (χ3n) is 4.75. The Morgan fingerprint density at radius 1 is 0.903 bits per heavy atom. The maximum atomic E-state index is 12.7. The van der Waals surface area contributed by atoms with Gasteiger partial charge in [-0.05, 0) is 55.7 Å². The van der Waals surface area contributed by atoms with Gasteiger partial charge in [-0.1, -0.05) is 32.0 Å². The maximum Gasteiger partial charge on any atom is 0.329 e. The summed E-state index contributed by atoms with van der Waals surface area (Å²) in [6, 6.07) is 12.5. The van der Waals surface area contributed by atoms with Crippen LogP contribution >= 0.6 is 0 Å². The third kappa shape index (κ3) is 6.50. The van der Waals surface area contributed by atoms with E-state index in [-0.39, 0.29) is 23.5 Å². The summed E-state index contributed by atoms with van der Waals surface area (Å²) in [5.74, 6) is -1.88. The monoisotopic (exact) mass is 424 g/mol. The van der Waals surface area contributed by atoms with Crippen LogP contribution in [0.3, 0.4) is 0 Å². The lowest BCUT2D eigenvalue weighted by molar-refractivity contribution is -0.149. The Hall–Kier alpha value is -3.48. The van der Waals surface area contributed by atoms with Gasteiger partial charge in [0.05, 0.1) is 0 Å². The Morgan fingerprint density at radius 3 is 2.06 bits per heavy atom. The number of carbonyl (C=O) groups is 4. The van der Waals surface area contributed by atoms with Crippen LogP contribution in [0.4, 0.5) is 5.69 Å². The van der Waals surface area contributed by atoms with E-state index in [1.165, 1.54) is 13.8 Å². The molecular formula is C24H28N2O5. The first-order valence-corrected chi connectivity index (χ1v) is 10.1. The molecule has 2 aromatic rings. The van der Waals surface area contributed by atoms with Gasteiger partial charge in [-0.3, -0.25) is 14.4 Å². The van der Waals surface area contributed by atoms with Crippen molar-refractivity contribution >= 4 is 29.3 Å². The number of benzene rings is 2. The van der Waals surface area contributed by atoms with E-state index in [9.17, 15) is 19.2 Å². The number of Topliss-reactive ketones (excluding diaryl/α,β-unsaturated/α-hetero) is 1. The van der Waals surface area contributed by atoms with E-state index < -0.39 is 18.1 Å². The molecule has 0 aliphatic heterocycles. The summed E-state index contributed by atoms with van der Waals surface area (Å²) in [7, 11) is 0. The zero-order chi connectivity index (χ0) is 23.1. The predicted octanol–water partition coefficient (Wildman–Crippen LogP) is 3.52. The summed E-state index contributed by atoms with van der Waals surface area (Å²) in [5.41, 5.74) is 2.18. The lowest BCUT2D eigenvalue weighted by Gasteiger charge is -2.23. The van der Waals surface area contributed by atoms with Gasteiger partial charge in [0.2, 0.25) is 11.7 Å². The van der Waals surface area contributed by atoms with Crippen molar-refractivity contribution in [1.82, 2.24) is 5.32 Å². The second-order valence-electron chi connectivity index (χ2n) is 7.71. The molecule has 2 amide bonds. The van der Waals surface area contributed by atoms with Crippen LogP contribution in [0.25, 0.3) is 0 Å². The number of esters is 1. The number of hydrogen-bond donors (Lipinski definition) is 2. The second-order valence-corrected chi connectivity index (χ2v) is 7.71. The molecule has 0 bridgehead atoms. The average Bonchev–Trinajstić information content (AvgIpc) is 2.71. The summed E-state index contributed by atoms with van der Waals surface area (Å²) in [6.45, 7) is 8.27. The number of aryl methyl sites for hydroxylation is 1. The van der Waals surface area contributed by atoms with E-state index >= 15 is 0 Å². The minimum atomic E-state index is -1.03. The summed E-state index contributed by atoms with van der Waals surface area (Å²) >= 11 is 0. The second kappa shape index (κ2) is 10.5. The van der Waals surface area contributed by atoms with Crippen molar-refractivity contribution in [3.05, 3.63) is 65.2 Å². The van der Waals surface area contributed by atoms with Crippen LogP contribution in [0.2, 0.25) is 0 Å². The van der Waals surface area contributed by atoms with Crippen molar-refractivity contribution in [2.24, 2.45) is 5.92 Å². The first-order valence-electron chi connectivity index (χ1n) is 10.1. The van der Waals surface area contributed by atoms with Gasteiger partial charge in [0.15, 0.2) is 6.10 Å². The molecule has 0 unspecified atom stereocenters. The summed E-state index contributed by atoms with van der Waals surface area (Å²) in [5, 5.41) is 5.34. The van der Waals surface area contributed by atoms with Crippen molar-refractivity contribution in [3.63, 3.8) is 0 Å². The number of ether oxygens (including phenoxy) is 1. The van der Waals surface area contributed by atoms with Crippen molar-refractivity contribution in [1.29, 1.82) is 0 Å². The molecule has 2 atom stereocenters. The molecule has 0 saturated heterocycles. The van der Waals surface area contributed by atoms with Gasteiger partial charge in [-0.2, -0.15) is 0 Å². The van der Waals surface area contributed by atoms with Gasteiger partial charge in [0.25, 0.3) is 5.91 Å². The standard InChI is InChI=1S/C24H28N2O5/c1-14(2)21(26-23(29)20-9-7-6-8-15(20)3)24(30)31-16(4)22(28)18-10-12-19(13-11-18)25-17(5)27/h6-14,16,21H,1-5H3,(H,25,27)(H,26,29)/t16-,21-/m0/s1. The highest BCUT2D eigenvalue weighted by molar-refractivity contribution is 6.01. The molecule has 2 N–H and O–H groups in total. The zero-order valence-corrected chi connectivity index (χ0v) is 18.4. The fourth-order valence-corrected chi connectivity index (χ4v) is 3.00. The van der Waals surface area contributed by atoms with Crippen LogP contribution in [0, 0.1) is 12.8 Å². The van der Waals surface area contributed by atoms with E-state index in [0.717, 1.165) is 5.56 Å². The molecule has 31 heavy (non-hydrogen) atoms. The lowest BCUT2D eigenvalue weighted by Crippen LogP contribution is -2.46. The number of carbonyl (C=O) groups excluding carboxylic acids is 4. The summed E-state index contributed by atoms with van der Waals surface area (Å²) < 4.78 is 5.38. The molecule has 0 aliphatic carbocycles. The molecule has 0 aliphatic rings.